The smallest absolute Gasteiger partial charge is 0.381 e. The first-order valence-corrected chi connectivity index (χ1v) is 11.5. The first-order valence-electron chi connectivity index (χ1n) is 11.5. The lowest BCUT2D eigenvalue weighted by Gasteiger charge is -2.26. The summed E-state index contributed by atoms with van der Waals surface area (Å²) in [6.45, 7) is 7.24. The average molecular weight is 486 g/mol. The van der Waals surface area contributed by atoms with Crippen LogP contribution in [0.25, 0.3) is 0 Å². The molecule has 9 heteroatoms. The monoisotopic (exact) mass is 485 g/mol. The zero-order chi connectivity index (χ0) is 25.3. The number of hydrogen-bond donors (Lipinski definition) is 2. The number of carbonyl (C=O) groups excluding carboxylic acids is 1. The van der Waals surface area contributed by atoms with Crippen LogP contribution in [-0.4, -0.2) is 31.3 Å². The maximum atomic E-state index is 14.3. The number of benzene rings is 2. The van der Waals surface area contributed by atoms with E-state index in [2.05, 4.69) is 10.6 Å². The maximum absolute atomic E-state index is 14.3. The van der Waals surface area contributed by atoms with E-state index in [0.717, 1.165) is 12.1 Å². The van der Waals surface area contributed by atoms with Crippen LogP contribution < -0.4 is 15.5 Å². The zero-order valence-corrected chi connectivity index (χ0v) is 19.7. The number of anilines is 3. The van der Waals surface area contributed by atoms with Crippen LogP contribution in [0.2, 0.25) is 0 Å². The van der Waals surface area contributed by atoms with Crippen molar-refractivity contribution in [3.05, 3.63) is 53.6 Å². The van der Waals surface area contributed by atoms with Gasteiger partial charge in [-0.2, -0.15) is 13.2 Å². The number of unbranched alkanes of at least 4 members (excludes halogenated alkanes) is 1. The molecule has 0 fully saturated rings. The van der Waals surface area contributed by atoms with Crippen LogP contribution in [0.1, 0.15) is 51.2 Å². The first-order chi connectivity index (χ1) is 16.1. The van der Waals surface area contributed by atoms with Crippen LogP contribution in [0.5, 0.6) is 0 Å². The summed E-state index contributed by atoms with van der Waals surface area (Å²) in [7, 11) is 0. The van der Waals surface area contributed by atoms with Crippen LogP contribution in [0.3, 0.4) is 0 Å². The van der Waals surface area contributed by atoms with Crippen molar-refractivity contribution in [3.8, 4) is 0 Å². The molecule has 0 aliphatic heterocycles. The van der Waals surface area contributed by atoms with E-state index in [1.807, 2.05) is 25.7 Å². The average Bonchev–Trinajstić information content (AvgIpc) is 2.82. The van der Waals surface area contributed by atoms with Crippen molar-refractivity contribution in [2.24, 2.45) is 0 Å². The van der Waals surface area contributed by atoms with E-state index in [4.69, 9.17) is 0 Å². The molecule has 0 bridgehead atoms. The molecule has 0 saturated carbocycles. The third-order valence-electron chi connectivity index (χ3n) is 5.54. The molecular weight excluding hydrogens is 453 g/mol. The van der Waals surface area contributed by atoms with Gasteiger partial charge < -0.3 is 15.5 Å². The topological polar surface area (TPSA) is 44.4 Å². The lowest BCUT2D eigenvalue weighted by atomic mass is 10.1. The summed E-state index contributed by atoms with van der Waals surface area (Å²) in [5, 5.41) is 5.66. The SMILES string of the molecule is CCCC[C@H](F)[C@@H](F)C(=O)Nc1ccc(NCc2ccc(C(F)(F)F)cc2)cc1N(CC)CC. The normalized spacial score (nSPS) is 13.3. The summed E-state index contributed by atoms with van der Waals surface area (Å²) in [6, 6.07) is 9.92. The largest absolute Gasteiger partial charge is 0.416 e. The van der Waals surface area contributed by atoms with Gasteiger partial charge >= 0.3 is 6.18 Å². The van der Waals surface area contributed by atoms with Gasteiger partial charge in [-0.15, -0.1) is 0 Å². The number of halogens is 5. The molecule has 2 rings (SSSR count). The van der Waals surface area contributed by atoms with E-state index >= 15 is 0 Å². The predicted molar refractivity (Wildman–Crippen MR) is 127 cm³/mol. The summed E-state index contributed by atoms with van der Waals surface area (Å²) in [4.78, 5) is 14.3. The van der Waals surface area contributed by atoms with E-state index in [1.54, 1.807) is 18.2 Å². The van der Waals surface area contributed by atoms with E-state index in [1.165, 1.54) is 12.1 Å². The van der Waals surface area contributed by atoms with Gasteiger partial charge in [-0.3, -0.25) is 4.79 Å². The van der Waals surface area contributed by atoms with Crippen molar-refractivity contribution in [1.82, 2.24) is 0 Å². The first kappa shape index (κ1) is 27.4. The maximum Gasteiger partial charge on any atom is 0.416 e. The number of carbonyl (C=O) groups is 1. The van der Waals surface area contributed by atoms with Gasteiger partial charge in [0, 0.05) is 25.3 Å². The fourth-order valence-corrected chi connectivity index (χ4v) is 3.50. The third kappa shape index (κ3) is 7.60. The Kier molecular flexibility index (Phi) is 10.1. The Morgan fingerprint density at radius 2 is 1.65 bits per heavy atom. The van der Waals surface area contributed by atoms with E-state index in [9.17, 15) is 26.7 Å². The van der Waals surface area contributed by atoms with Gasteiger partial charge in [0.15, 0.2) is 0 Å². The zero-order valence-electron chi connectivity index (χ0n) is 19.7. The number of alkyl halides is 5. The molecule has 188 valence electrons. The second-order valence-corrected chi connectivity index (χ2v) is 8.00. The molecule has 2 aromatic carbocycles. The van der Waals surface area contributed by atoms with Crippen molar-refractivity contribution in [3.63, 3.8) is 0 Å². The summed E-state index contributed by atoms with van der Waals surface area (Å²) in [5.74, 6) is -1.03. The molecule has 2 atom stereocenters. The van der Waals surface area contributed by atoms with Crippen molar-refractivity contribution in [2.75, 3.05) is 28.6 Å². The van der Waals surface area contributed by atoms with Crippen molar-refractivity contribution < 1.29 is 26.7 Å². The van der Waals surface area contributed by atoms with Crippen LogP contribution in [-0.2, 0) is 17.5 Å². The second-order valence-electron chi connectivity index (χ2n) is 8.00. The highest BCUT2D eigenvalue weighted by atomic mass is 19.4. The summed E-state index contributed by atoms with van der Waals surface area (Å²) in [5.41, 5.74) is 1.61. The Hall–Kier alpha value is -2.84. The molecular formula is C25H32F5N3O. The quantitative estimate of drug-likeness (QED) is 0.319. The summed E-state index contributed by atoms with van der Waals surface area (Å²) < 4.78 is 66.5. The molecule has 0 spiro atoms. The van der Waals surface area contributed by atoms with Crippen LogP contribution in [0.4, 0.5) is 39.0 Å². The molecule has 0 heterocycles. The molecule has 0 radical (unpaired) electrons. The lowest BCUT2D eigenvalue weighted by molar-refractivity contribution is -0.137. The Labute approximate surface area is 197 Å². The molecule has 0 aromatic heterocycles. The van der Waals surface area contributed by atoms with E-state index in [0.29, 0.717) is 48.6 Å². The molecule has 0 unspecified atom stereocenters. The van der Waals surface area contributed by atoms with Crippen molar-refractivity contribution in [1.29, 1.82) is 0 Å². The van der Waals surface area contributed by atoms with E-state index < -0.39 is 30.0 Å². The molecule has 1 amide bonds. The Morgan fingerprint density at radius 3 is 2.21 bits per heavy atom. The molecule has 2 N–H and O–H groups in total. The van der Waals surface area contributed by atoms with Crippen molar-refractivity contribution >= 4 is 23.0 Å². The second kappa shape index (κ2) is 12.6. The lowest BCUT2D eigenvalue weighted by Crippen LogP contribution is -2.33. The number of amides is 1. The Bertz CT molecular complexity index is 914. The van der Waals surface area contributed by atoms with Crippen LogP contribution in [0, 0.1) is 0 Å². The summed E-state index contributed by atoms with van der Waals surface area (Å²) >= 11 is 0. The van der Waals surface area contributed by atoms with Crippen molar-refractivity contribution in [2.45, 2.75) is 65.1 Å². The Morgan fingerprint density at radius 1 is 1.00 bits per heavy atom. The molecule has 0 aliphatic rings. The predicted octanol–water partition coefficient (Wildman–Crippen LogP) is 6.97. The highest BCUT2D eigenvalue weighted by Crippen LogP contribution is 2.31. The van der Waals surface area contributed by atoms with Gasteiger partial charge in [0.2, 0.25) is 6.17 Å². The van der Waals surface area contributed by atoms with E-state index in [-0.39, 0.29) is 13.0 Å². The molecule has 4 nitrogen and oxygen atoms in total. The minimum Gasteiger partial charge on any atom is -0.381 e. The number of hydrogen-bond acceptors (Lipinski definition) is 3. The fraction of sp³-hybridized carbons (Fsp3) is 0.480. The molecule has 2 aromatic rings. The standard InChI is InChI=1S/C25H32F5N3O/c1-4-7-8-20(26)23(27)24(34)32-21-14-13-19(15-22(21)33(5-2)6-3)31-16-17-9-11-18(12-10-17)25(28,29)30/h9-15,20,23,31H,4-8,16H2,1-3H3,(H,32,34)/t20-,23+/m0/s1. The molecule has 0 aliphatic carbocycles. The number of nitrogens with zero attached hydrogens (tertiary/aromatic N) is 1. The molecule has 34 heavy (non-hydrogen) atoms. The number of nitrogens with one attached hydrogen (secondary N) is 2. The minimum atomic E-state index is -4.39. The highest BCUT2D eigenvalue weighted by molar-refractivity contribution is 5.98. The van der Waals surface area contributed by atoms with Gasteiger partial charge in [0.1, 0.15) is 6.17 Å². The Balaban J connectivity index is 2.16. The van der Waals surface area contributed by atoms with Crippen LogP contribution >= 0.6 is 0 Å². The van der Waals surface area contributed by atoms with Gasteiger partial charge in [-0.1, -0.05) is 31.9 Å². The minimum absolute atomic E-state index is 0.0131. The molecule has 0 saturated heterocycles. The van der Waals surface area contributed by atoms with Crippen LogP contribution in [0.15, 0.2) is 42.5 Å². The fourth-order valence-electron chi connectivity index (χ4n) is 3.50. The summed E-state index contributed by atoms with van der Waals surface area (Å²) in [6.07, 6.45) is -7.31. The number of rotatable bonds is 12. The van der Waals surface area contributed by atoms with Gasteiger partial charge in [0.05, 0.1) is 16.9 Å². The third-order valence-corrected chi connectivity index (χ3v) is 5.54. The van der Waals surface area contributed by atoms with Gasteiger partial charge in [-0.05, 0) is 56.2 Å². The highest BCUT2D eigenvalue weighted by Gasteiger charge is 2.30. The van der Waals surface area contributed by atoms with Gasteiger partial charge in [-0.25, -0.2) is 8.78 Å². The van der Waals surface area contributed by atoms with Gasteiger partial charge in [0.25, 0.3) is 5.91 Å².